The number of fused-ring (bicyclic) bond motifs is 1. The third-order valence-electron chi connectivity index (χ3n) is 5.24. The fraction of sp³-hybridized carbons (Fsp3) is 0.111. The van der Waals surface area contributed by atoms with Gasteiger partial charge in [-0.25, -0.2) is 9.18 Å². The van der Waals surface area contributed by atoms with Crippen molar-refractivity contribution in [3.05, 3.63) is 102 Å². The van der Waals surface area contributed by atoms with Crippen LogP contribution in [0.25, 0.3) is 28.2 Å². The molecule has 4 nitrogen and oxygen atoms in total. The van der Waals surface area contributed by atoms with E-state index in [2.05, 4.69) is 4.57 Å². The minimum Gasteiger partial charge on any atom is -0.454 e. The lowest BCUT2D eigenvalue weighted by Crippen LogP contribution is -2.13. The van der Waals surface area contributed by atoms with Crippen LogP contribution in [0.1, 0.15) is 22.8 Å². The Morgan fingerprint density at radius 1 is 0.938 bits per heavy atom. The summed E-state index contributed by atoms with van der Waals surface area (Å²) in [6.45, 7) is 2.36. The molecule has 0 spiro atoms. The summed E-state index contributed by atoms with van der Waals surface area (Å²) in [5, 5.41) is 0.830. The molecular weight excluding hydrogens is 405 g/mol. The van der Waals surface area contributed by atoms with Gasteiger partial charge in [-0.1, -0.05) is 60.7 Å². The lowest BCUT2D eigenvalue weighted by molar-refractivity contribution is -0.136. The van der Waals surface area contributed by atoms with Crippen LogP contribution in [0.5, 0.6) is 0 Å². The van der Waals surface area contributed by atoms with Crippen LogP contribution in [0.15, 0.2) is 84.9 Å². The molecule has 0 radical (unpaired) electrons. The van der Waals surface area contributed by atoms with Crippen LogP contribution < -0.4 is 0 Å². The van der Waals surface area contributed by atoms with Crippen LogP contribution in [0.3, 0.4) is 0 Å². The van der Waals surface area contributed by atoms with Gasteiger partial charge in [0.1, 0.15) is 5.82 Å². The number of ether oxygens (including phenoxy) is 1. The van der Waals surface area contributed by atoms with Gasteiger partial charge in [-0.05, 0) is 42.3 Å². The van der Waals surface area contributed by atoms with Crippen molar-refractivity contribution in [1.29, 1.82) is 0 Å². The first kappa shape index (κ1) is 21.2. The van der Waals surface area contributed by atoms with Crippen molar-refractivity contribution in [1.82, 2.24) is 4.57 Å². The minimum absolute atomic E-state index is 0.268. The topological polar surface area (TPSA) is 48.3 Å². The summed E-state index contributed by atoms with van der Waals surface area (Å²) >= 11 is 0. The molecule has 0 amide bonds. The predicted octanol–water partition coefficient (Wildman–Crippen LogP) is 5.91. The zero-order chi connectivity index (χ0) is 22.5. The Labute approximate surface area is 185 Å². The summed E-state index contributed by atoms with van der Waals surface area (Å²) in [4.78, 5) is 25.4. The molecule has 32 heavy (non-hydrogen) atoms. The van der Waals surface area contributed by atoms with E-state index in [1.54, 1.807) is 12.1 Å². The average Bonchev–Trinajstić information content (AvgIpc) is 3.17. The van der Waals surface area contributed by atoms with E-state index >= 15 is 0 Å². The second-order valence-electron chi connectivity index (χ2n) is 7.27. The maximum absolute atomic E-state index is 13.2. The molecule has 3 aromatic carbocycles. The van der Waals surface area contributed by atoms with E-state index in [0.29, 0.717) is 17.7 Å². The van der Waals surface area contributed by atoms with Crippen LogP contribution in [-0.4, -0.2) is 22.9 Å². The zero-order valence-corrected chi connectivity index (χ0v) is 17.6. The van der Waals surface area contributed by atoms with Crippen molar-refractivity contribution >= 4 is 28.7 Å². The largest absolute Gasteiger partial charge is 0.454 e. The molecule has 0 atom stereocenters. The third kappa shape index (κ3) is 4.37. The summed E-state index contributed by atoms with van der Waals surface area (Å²) in [7, 11) is 0. The molecule has 0 unspecified atom stereocenters. The number of ketones is 1. The summed E-state index contributed by atoms with van der Waals surface area (Å²) in [6, 6.07) is 23.2. The highest BCUT2D eigenvalue weighted by Gasteiger charge is 2.23. The average molecular weight is 427 g/mol. The van der Waals surface area contributed by atoms with Crippen molar-refractivity contribution in [3.8, 4) is 11.3 Å². The standard InChI is InChI=1S/C27H22FNO3/c1-2-29-23-11-7-6-10-22(23)26(27(29)20-8-4-3-5-9-20)24(30)18-32-25(31)17-14-19-12-15-21(28)16-13-19/h3-17H,2,18H2,1H3. The summed E-state index contributed by atoms with van der Waals surface area (Å²) in [5.74, 6) is -1.25. The van der Waals surface area contributed by atoms with Gasteiger partial charge < -0.3 is 9.30 Å². The van der Waals surface area contributed by atoms with Gasteiger partial charge in [-0.3, -0.25) is 4.79 Å². The fourth-order valence-corrected chi connectivity index (χ4v) is 3.81. The molecule has 0 aliphatic heterocycles. The molecule has 4 rings (SSSR count). The van der Waals surface area contributed by atoms with Gasteiger partial charge in [0.15, 0.2) is 6.61 Å². The highest BCUT2D eigenvalue weighted by Crippen LogP contribution is 2.34. The molecule has 160 valence electrons. The third-order valence-corrected chi connectivity index (χ3v) is 5.24. The molecule has 1 heterocycles. The first-order chi connectivity index (χ1) is 15.6. The summed E-state index contributed by atoms with van der Waals surface area (Å²) in [5.41, 5.74) is 3.91. The van der Waals surface area contributed by atoms with E-state index < -0.39 is 5.97 Å². The van der Waals surface area contributed by atoms with Gasteiger partial charge in [0.05, 0.1) is 11.3 Å². The van der Waals surface area contributed by atoms with Crippen molar-refractivity contribution in [3.63, 3.8) is 0 Å². The zero-order valence-electron chi connectivity index (χ0n) is 17.6. The molecule has 0 aliphatic rings. The Bertz CT molecular complexity index is 1290. The molecule has 4 aromatic rings. The first-order valence-electron chi connectivity index (χ1n) is 10.4. The van der Waals surface area contributed by atoms with Crippen LogP contribution in [0, 0.1) is 5.82 Å². The smallest absolute Gasteiger partial charge is 0.331 e. The number of hydrogen-bond acceptors (Lipinski definition) is 3. The van der Waals surface area contributed by atoms with E-state index in [1.807, 2.05) is 61.5 Å². The van der Waals surface area contributed by atoms with Crippen LogP contribution in [0.2, 0.25) is 0 Å². The van der Waals surface area contributed by atoms with E-state index in [-0.39, 0.29) is 18.2 Å². The highest BCUT2D eigenvalue weighted by atomic mass is 19.1. The molecule has 0 aliphatic carbocycles. The number of carbonyl (C=O) groups is 2. The van der Waals surface area contributed by atoms with Gasteiger partial charge >= 0.3 is 5.97 Å². The Morgan fingerprint density at radius 2 is 1.62 bits per heavy atom. The molecular formula is C27H22FNO3. The van der Waals surface area contributed by atoms with Gasteiger partial charge in [-0.2, -0.15) is 0 Å². The van der Waals surface area contributed by atoms with Crippen molar-refractivity contribution in [2.75, 3.05) is 6.61 Å². The molecule has 0 N–H and O–H groups in total. The maximum atomic E-state index is 13.2. The fourth-order valence-electron chi connectivity index (χ4n) is 3.81. The summed E-state index contributed by atoms with van der Waals surface area (Å²) < 4.78 is 20.3. The maximum Gasteiger partial charge on any atom is 0.331 e. The van der Waals surface area contributed by atoms with Crippen molar-refractivity contribution < 1.29 is 18.7 Å². The minimum atomic E-state index is -0.636. The molecule has 0 bridgehead atoms. The Morgan fingerprint density at radius 3 is 2.34 bits per heavy atom. The Balaban J connectivity index is 1.61. The number of benzene rings is 3. The van der Waals surface area contributed by atoms with Gasteiger partial charge in [0.25, 0.3) is 0 Å². The van der Waals surface area contributed by atoms with E-state index in [9.17, 15) is 14.0 Å². The number of aromatic nitrogens is 1. The van der Waals surface area contributed by atoms with Gasteiger partial charge in [-0.15, -0.1) is 0 Å². The lowest BCUT2D eigenvalue weighted by Gasteiger charge is -2.10. The molecule has 0 saturated carbocycles. The van der Waals surface area contributed by atoms with E-state index in [4.69, 9.17) is 4.74 Å². The quantitative estimate of drug-likeness (QED) is 0.209. The number of Topliss-reactive ketones (excluding diaryl/α,β-unsaturated/α-hetero) is 1. The van der Waals surface area contributed by atoms with Crippen LogP contribution in [-0.2, 0) is 16.1 Å². The Hall–Kier alpha value is -3.99. The Kier molecular flexibility index (Phi) is 6.26. The van der Waals surface area contributed by atoms with Gasteiger partial charge in [0, 0.05) is 23.5 Å². The number of para-hydroxylation sites is 1. The number of carbonyl (C=O) groups excluding carboxylic acids is 2. The number of esters is 1. The number of nitrogens with zero attached hydrogens (tertiary/aromatic N) is 1. The number of halogens is 1. The van der Waals surface area contributed by atoms with Gasteiger partial charge in [0.2, 0.25) is 5.78 Å². The second kappa shape index (κ2) is 9.43. The van der Waals surface area contributed by atoms with E-state index in [0.717, 1.165) is 22.2 Å². The first-order valence-corrected chi connectivity index (χ1v) is 10.4. The van der Waals surface area contributed by atoms with Crippen molar-refractivity contribution in [2.24, 2.45) is 0 Å². The van der Waals surface area contributed by atoms with Crippen LogP contribution >= 0.6 is 0 Å². The van der Waals surface area contributed by atoms with E-state index in [1.165, 1.54) is 24.3 Å². The summed E-state index contributed by atoms with van der Waals surface area (Å²) in [6.07, 6.45) is 2.75. The van der Waals surface area contributed by atoms with Crippen LogP contribution in [0.4, 0.5) is 4.39 Å². The lowest BCUT2D eigenvalue weighted by atomic mass is 10.0. The second-order valence-corrected chi connectivity index (χ2v) is 7.27. The highest BCUT2D eigenvalue weighted by molar-refractivity contribution is 6.14. The molecule has 5 heteroatoms. The monoisotopic (exact) mass is 427 g/mol. The SMILES string of the molecule is CCn1c(-c2ccccc2)c(C(=O)COC(=O)C=Cc2ccc(F)cc2)c2ccccc21. The number of hydrogen-bond donors (Lipinski definition) is 0. The van der Waals surface area contributed by atoms with Crippen molar-refractivity contribution in [2.45, 2.75) is 13.5 Å². The molecule has 1 aromatic heterocycles. The normalized spacial score (nSPS) is 11.2. The molecule has 0 fully saturated rings. The molecule has 0 saturated heterocycles. The predicted molar refractivity (Wildman–Crippen MR) is 124 cm³/mol. The number of aryl methyl sites for hydroxylation is 1. The number of rotatable bonds is 7.